The molecule has 1 saturated heterocycles. The van der Waals surface area contributed by atoms with Crippen LogP contribution in [-0.4, -0.2) is 12.1 Å². The van der Waals surface area contributed by atoms with E-state index in [1.54, 1.807) is 70.6 Å². The molecule has 4 atom stereocenters. The lowest BCUT2D eigenvalue weighted by molar-refractivity contribution is 0.210. The van der Waals surface area contributed by atoms with E-state index in [4.69, 9.17) is 0 Å². The summed E-state index contributed by atoms with van der Waals surface area (Å²) in [4.78, 5) is 19.3. The highest BCUT2D eigenvalue weighted by molar-refractivity contribution is 6.11. The molecule has 1 aliphatic heterocycles. The van der Waals surface area contributed by atoms with Gasteiger partial charge in [-0.3, -0.25) is 10.6 Å². The fraction of sp³-hybridized carbons (Fsp3) is 0.920. The molecule has 6 aliphatic carbocycles. The lowest BCUT2D eigenvalue weighted by Crippen LogP contribution is -2.58. The SMILES string of the molecule is C1CC2C3CCC(C3)C2C1.C1CC2CCC1C2.C1CCCCC1.O=C1NC(=O)N1. The molecule has 2 N–H and O–H groups in total. The maximum atomic E-state index is 9.67. The van der Waals surface area contributed by atoms with Crippen molar-refractivity contribution in [2.75, 3.05) is 0 Å². The average Bonchev–Trinajstić information content (AvgIpc) is 3.56. The number of imide groups is 2. The molecule has 0 aromatic heterocycles. The molecule has 7 fully saturated rings. The lowest BCUT2D eigenvalue weighted by atomic mass is 9.82. The number of hydrogen-bond donors (Lipinski definition) is 2. The van der Waals surface area contributed by atoms with E-state index in [-0.39, 0.29) is 0 Å². The summed E-state index contributed by atoms with van der Waals surface area (Å²) < 4.78 is 0. The molecule has 4 heteroatoms. The van der Waals surface area contributed by atoms with Crippen LogP contribution in [-0.2, 0) is 0 Å². The van der Waals surface area contributed by atoms with Crippen LogP contribution >= 0.6 is 0 Å². The van der Waals surface area contributed by atoms with E-state index in [2.05, 4.69) is 0 Å². The first-order chi connectivity index (χ1) is 14.2. The fourth-order valence-electron chi connectivity index (χ4n) is 7.46. The van der Waals surface area contributed by atoms with Crippen LogP contribution in [0.5, 0.6) is 0 Å². The van der Waals surface area contributed by atoms with Crippen LogP contribution in [0.25, 0.3) is 0 Å². The Morgan fingerprint density at radius 2 is 0.897 bits per heavy atom. The van der Waals surface area contributed by atoms with Gasteiger partial charge in [0.1, 0.15) is 0 Å². The van der Waals surface area contributed by atoms with Crippen molar-refractivity contribution in [2.24, 2.45) is 35.5 Å². The Morgan fingerprint density at radius 3 is 1.17 bits per heavy atom. The van der Waals surface area contributed by atoms with Crippen molar-refractivity contribution >= 4 is 12.1 Å². The van der Waals surface area contributed by atoms with Gasteiger partial charge in [-0.1, -0.05) is 70.6 Å². The zero-order valence-electron chi connectivity index (χ0n) is 18.3. The summed E-state index contributed by atoms with van der Waals surface area (Å²) in [5.41, 5.74) is 0. The van der Waals surface area contributed by atoms with E-state index < -0.39 is 12.1 Å². The average molecular weight is 403 g/mol. The third-order valence-electron chi connectivity index (χ3n) is 8.94. The van der Waals surface area contributed by atoms with Gasteiger partial charge in [-0.2, -0.15) is 0 Å². The van der Waals surface area contributed by atoms with Crippen molar-refractivity contribution in [3.63, 3.8) is 0 Å². The second-order valence-corrected chi connectivity index (χ2v) is 10.7. The number of rotatable bonds is 0. The number of hydrogen-bond acceptors (Lipinski definition) is 2. The summed E-state index contributed by atoms with van der Waals surface area (Å²) in [6.45, 7) is 0. The zero-order valence-corrected chi connectivity index (χ0v) is 18.3. The number of amides is 4. The van der Waals surface area contributed by atoms with Gasteiger partial charge in [0.2, 0.25) is 0 Å². The van der Waals surface area contributed by atoms with Crippen LogP contribution in [0.3, 0.4) is 0 Å². The summed E-state index contributed by atoms with van der Waals surface area (Å²) in [5, 5.41) is 3.83. The summed E-state index contributed by atoms with van der Waals surface area (Å²) in [7, 11) is 0. The van der Waals surface area contributed by atoms with Gasteiger partial charge in [-0.25, -0.2) is 9.59 Å². The monoisotopic (exact) mass is 402 g/mol. The van der Waals surface area contributed by atoms with E-state index in [9.17, 15) is 9.59 Å². The Bertz CT molecular complexity index is 492. The second-order valence-electron chi connectivity index (χ2n) is 10.7. The molecular formula is C25H42N2O2. The van der Waals surface area contributed by atoms with Crippen molar-refractivity contribution in [1.29, 1.82) is 0 Å². The minimum atomic E-state index is -0.417. The van der Waals surface area contributed by atoms with E-state index in [0.717, 1.165) is 0 Å². The Balaban J connectivity index is 0.0000000971. The normalized spacial score (nSPS) is 40.1. The largest absolute Gasteiger partial charge is 0.330 e. The highest BCUT2D eigenvalue weighted by Gasteiger charge is 2.48. The zero-order chi connectivity index (χ0) is 20.1. The van der Waals surface area contributed by atoms with E-state index in [0.29, 0.717) is 0 Å². The van der Waals surface area contributed by atoms with Gasteiger partial charge < -0.3 is 0 Å². The molecule has 4 amide bonds. The smallest absolute Gasteiger partial charge is 0.259 e. The molecule has 164 valence electrons. The second kappa shape index (κ2) is 10.3. The highest BCUT2D eigenvalue weighted by Crippen LogP contribution is 2.58. The van der Waals surface area contributed by atoms with Gasteiger partial charge in [0.05, 0.1) is 0 Å². The quantitative estimate of drug-likeness (QED) is 0.468. The first kappa shape index (κ1) is 21.2. The maximum absolute atomic E-state index is 9.67. The van der Waals surface area contributed by atoms with Crippen LogP contribution in [0, 0.1) is 35.5 Å². The van der Waals surface area contributed by atoms with Crippen LogP contribution in [0.1, 0.15) is 109 Å². The van der Waals surface area contributed by atoms with Gasteiger partial charge in [0, 0.05) is 0 Å². The number of carbonyl (C=O) groups is 2. The minimum Gasteiger partial charge on any atom is -0.259 e. The lowest BCUT2D eigenvalue weighted by Gasteiger charge is -2.23. The molecule has 4 nitrogen and oxygen atoms in total. The molecule has 0 aromatic carbocycles. The van der Waals surface area contributed by atoms with E-state index in [1.807, 2.05) is 10.6 Å². The van der Waals surface area contributed by atoms with Crippen LogP contribution in [0.4, 0.5) is 9.59 Å². The van der Waals surface area contributed by atoms with Crippen molar-refractivity contribution in [3.8, 4) is 0 Å². The molecule has 1 heterocycles. The molecule has 0 aromatic rings. The van der Waals surface area contributed by atoms with Crippen LogP contribution in [0.15, 0.2) is 0 Å². The molecule has 4 unspecified atom stereocenters. The van der Waals surface area contributed by atoms with Crippen LogP contribution < -0.4 is 10.6 Å². The predicted molar refractivity (Wildman–Crippen MR) is 116 cm³/mol. The van der Waals surface area contributed by atoms with Crippen molar-refractivity contribution < 1.29 is 9.59 Å². The Labute approximate surface area is 177 Å². The van der Waals surface area contributed by atoms with Crippen molar-refractivity contribution in [3.05, 3.63) is 0 Å². The first-order valence-corrected chi connectivity index (χ1v) is 12.8. The summed E-state index contributed by atoms with van der Waals surface area (Å²) >= 11 is 0. The molecule has 0 spiro atoms. The van der Waals surface area contributed by atoms with Crippen LogP contribution in [0.2, 0.25) is 0 Å². The predicted octanol–water partition coefficient (Wildman–Crippen LogP) is 6.79. The van der Waals surface area contributed by atoms with Crippen molar-refractivity contribution in [2.45, 2.75) is 109 Å². The van der Waals surface area contributed by atoms with Gasteiger partial charge in [0.15, 0.2) is 0 Å². The minimum absolute atomic E-state index is 0.417. The Morgan fingerprint density at radius 1 is 0.483 bits per heavy atom. The summed E-state index contributed by atoms with van der Waals surface area (Å²) in [6.07, 6.45) is 26.4. The number of fused-ring (bicyclic) bond motifs is 7. The van der Waals surface area contributed by atoms with E-state index in [1.165, 1.54) is 74.0 Å². The fourth-order valence-corrected chi connectivity index (χ4v) is 7.46. The van der Waals surface area contributed by atoms with Crippen molar-refractivity contribution in [1.82, 2.24) is 10.6 Å². The first-order valence-electron chi connectivity index (χ1n) is 12.8. The van der Waals surface area contributed by atoms with Gasteiger partial charge >= 0.3 is 12.1 Å². The van der Waals surface area contributed by atoms with Gasteiger partial charge in [-0.15, -0.1) is 0 Å². The molecule has 29 heavy (non-hydrogen) atoms. The Kier molecular flexibility index (Phi) is 7.53. The van der Waals surface area contributed by atoms with E-state index >= 15 is 0 Å². The van der Waals surface area contributed by atoms with Gasteiger partial charge in [-0.05, 0) is 74.0 Å². The molecule has 7 rings (SSSR count). The topological polar surface area (TPSA) is 58.2 Å². The third-order valence-corrected chi connectivity index (χ3v) is 8.94. The molecular weight excluding hydrogens is 360 g/mol. The summed E-state index contributed by atoms with van der Waals surface area (Å²) in [6, 6.07) is -0.833. The molecule has 7 aliphatic rings. The maximum Gasteiger partial charge on any atom is 0.330 e. The molecule has 0 radical (unpaired) electrons. The highest BCUT2D eigenvalue weighted by atomic mass is 16.2. The Hall–Kier alpha value is -1.06. The number of carbonyl (C=O) groups excluding carboxylic acids is 2. The van der Waals surface area contributed by atoms with Gasteiger partial charge in [0.25, 0.3) is 0 Å². The molecule has 6 saturated carbocycles. The molecule has 4 bridgehead atoms. The third kappa shape index (κ3) is 5.76. The number of urea groups is 2. The standard InChI is InChI=1S/C10H16.C7H12.C6H12.C2H2N2O2/c1-2-9-7-4-5-8(6-7)10(9)3-1;1-2-7-4-3-6(1)5-7;1-2-4-6-5-3-1;5-1-3-2(6)4-1/h7-10H,1-6H2;6-7H,1-5H2;1-6H2;(H2,3,4,5,6). The number of nitrogens with one attached hydrogen (secondary N) is 2. The summed E-state index contributed by atoms with van der Waals surface area (Å²) in [5.74, 6) is 7.14.